The van der Waals surface area contributed by atoms with Gasteiger partial charge in [0.25, 0.3) is 0 Å². The van der Waals surface area contributed by atoms with Crippen molar-refractivity contribution in [3.8, 4) is 0 Å². The highest BCUT2D eigenvalue weighted by Crippen LogP contribution is 2.19. The molecule has 0 bridgehead atoms. The normalized spacial score (nSPS) is 18.8. The molecule has 7 heteroatoms. The predicted octanol–water partition coefficient (Wildman–Crippen LogP) is 1.49. The van der Waals surface area contributed by atoms with Crippen molar-refractivity contribution in [3.63, 3.8) is 0 Å². The maximum absolute atomic E-state index is 11.1. The third-order valence-corrected chi connectivity index (χ3v) is 3.41. The van der Waals surface area contributed by atoms with Crippen molar-refractivity contribution >= 4 is 23.5 Å². The van der Waals surface area contributed by atoms with Gasteiger partial charge in [0.1, 0.15) is 10.8 Å². The summed E-state index contributed by atoms with van der Waals surface area (Å²) in [5.74, 6) is -0.518. The molecule has 0 spiro atoms. The summed E-state index contributed by atoms with van der Waals surface area (Å²) in [6.45, 7) is 1.43. The minimum atomic E-state index is -0.991. The molecule has 1 atom stereocenters. The summed E-state index contributed by atoms with van der Waals surface area (Å²) in [6, 6.07) is 1.51. The van der Waals surface area contributed by atoms with Gasteiger partial charge in [-0.05, 0) is 25.2 Å². The molecule has 1 unspecified atom stereocenters. The van der Waals surface area contributed by atoms with Crippen molar-refractivity contribution in [3.05, 3.63) is 11.6 Å². The lowest BCUT2D eigenvalue weighted by molar-refractivity contribution is 0.0692. The number of carbonyl (C=O) groups is 1. The van der Waals surface area contributed by atoms with Crippen molar-refractivity contribution in [1.82, 2.24) is 10.2 Å². The number of carboxylic acids is 1. The van der Waals surface area contributed by atoms with Crippen LogP contribution in [0.15, 0.2) is 11.1 Å². The first-order valence-corrected chi connectivity index (χ1v) is 6.93. The molecule has 0 aromatic carbocycles. The van der Waals surface area contributed by atoms with Crippen molar-refractivity contribution in [2.75, 3.05) is 24.7 Å². The Morgan fingerprint density at radius 2 is 2.50 bits per heavy atom. The Labute approximate surface area is 109 Å². The lowest BCUT2D eigenvalue weighted by Gasteiger charge is -2.11. The first kappa shape index (κ1) is 13.1. The van der Waals surface area contributed by atoms with E-state index in [9.17, 15) is 4.79 Å². The second-order valence-electron chi connectivity index (χ2n) is 3.97. The van der Waals surface area contributed by atoms with Crippen LogP contribution in [0, 0.1) is 0 Å². The number of ether oxygens (including phenoxy) is 1. The van der Waals surface area contributed by atoms with Gasteiger partial charge in [-0.2, -0.15) is 0 Å². The smallest absolute Gasteiger partial charge is 0.338 e. The van der Waals surface area contributed by atoms with E-state index in [4.69, 9.17) is 9.84 Å². The average molecular weight is 269 g/mol. The summed E-state index contributed by atoms with van der Waals surface area (Å²) in [5.41, 5.74) is 0.173. The van der Waals surface area contributed by atoms with Crippen LogP contribution in [-0.2, 0) is 4.74 Å². The number of hydrogen-bond donors (Lipinski definition) is 2. The summed E-state index contributed by atoms with van der Waals surface area (Å²) >= 11 is 1.27. The van der Waals surface area contributed by atoms with Crippen LogP contribution < -0.4 is 5.32 Å². The van der Waals surface area contributed by atoms with Gasteiger partial charge >= 0.3 is 5.97 Å². The zero-order valence-corrected chi connectivity index (χ0v) is 10.9. The molecule has 2 N–H and O–H groups in total. The first-order chi connectivity index (χ1) is 8.70. The molecule has 0 amide bonds. The molecule has 1 aromatic rings. The zero-order chi connectivity index (χ0) is 13.0. The van der Waals surface area contributed by atoms with E-state index in [-0.39, 0.29) is 11.7 Å². The van der Waals surface area contributed by atoms with Crippen LogP contribution in [0.2, 0.25) is 0 Å². The van der Waals surface area contributed by atoms with E-state index in [1.165, 1.54) is 17.8 Å². The number of thioether (sulfide) groups is 1. The van der Waals surface area contributed by atoms with Gasteiger partial charge in [0.2, 0.25) is 0 Å². The lowest BCUT2D eigenvalue weighted by Crippen LogP contribution is -2.19. The molecule has 1 aliphatic heterocycles. The zero-order valence-electron chi connectivity index (χ0n) is 10.0. The number of anilines is 1. The van der Waals surface area contributed by atoms with Gasteiger partial charge in [-0.25, -0.2) is 4.79 Å². The van der Waals surface area contributed by atoms with E-state index in [0.717, 1.165) is 19.4 Å². The SMILES string of the molecule is CSc1nnc(NCC2CCCO2)cc1C(=O)O. The quantitative estimate of drug-likeness (QED) is 0.783. The summed E-state index contributed by atoms with van der Waals surface area (Å²) in [6.07, 6.45) is 4.05. The summed E-state index contributed by atoms with van der Waals surface area (Å²) in [7, 11) is 0. The van der Waals surface area contributed by atoms with Gasteiger partial charge in [0.05, 0.1) is 11.7 Å². The van der Waals surface area contributed by atoms with Crippen LogP contribution >= 0.6 is 11.8 Å². The summed E-state index contributed by atoms with van der Waals surface area (Å²) in [5, 5.41) is 20.4. The monoisotopic (exact) mass is 269 g/mol. The van der Waals surface area contributed by atoms with E-state index < -0.39 is 5.97 Å². The van der Waals surface area contributed by atoms with E-state index in [2.05, 4.69) is 15.5 Å². The minimum Gasteiger partial charge on any atom is -0.478 e. The Kier molecular flexibility index (Phi) is 4.38. The molecule has 98 valence electrons. The maximum Gasteiger partial charge on any atom is 0.338 e. The van der Waals surface area contributed by atoms with Gasteiger partial charge in [-0.15, -0.1) is 22.0 Å². The number of rotatable bonds is 5. The molecule has 2 heterocycles. The van der Waals surface area contributed by atoms with Gasteiger partial charge in [0, 0.05) is 13.2 Å². The van der Waals surface area contributed by atoms with Gasteiger partial charge in [-0.3, -0.25) is 0 Å². The number of nitrogens with one attached hydrogen (secondary N) is 1. The number of aromatic carboxylic acids is 1. The van der Waals surface area contributed by atoms with E-state index in [0.29, 0.717) is 17.4 Å². The van der Waals surface area contributed by atoms with E-state index in [1.807, 2.05) is 0 Å². The predicted molar refractivity (Wildman–Crippen MR) is 68.2 cm³/mol. The van der Waals surface area contributed by atoms with Gasteiger partial charge in [0.15, 0.2) is 0 Å². The summed E-state index contributed by atoms with van der Waals surface area (Å²) < 4.78 is 5.47. The molecular formula is C11H15N3O3S. The second kappa shape index (κ2) is 6.01. The van der Waals surface area contributed by atoms with Crippen LogP contribution in [0.1, 0.15) is 23.2 Å². The Balaban J connectivity index is 2.04. The molecule has 0 aliphatic carbocycles. The van der Waals surface area contributed by atoms with Crippen molar-refractivity contribution in [2.24, 2.45) is 0 Å². The van der Waals surface area contributed by atoms with E-state index in [1.54, 1.807) is 6.26 Å². The number of aromatic nitrogens is 2. The molecule has 0 radical (unpaired) electrons. The molecule has 1 aromatic heterocycles. The molecule has 0 saturated carbocycles. The molecule has 1 aliphatic rings. The van der Waals surface area contributed by atoms with E-state index >= 15 is 0 Å². The van der Waals surface area contributed by atoms with Crippen molar-refractivity contribution < 1.29 is 14.6 Å². The van der Waals surface area contributed by atoms with Crippen LogP contribution in [-0.4, -0.2) is 46.8 Å². The average Bonchev–Trinajstić information content (AvgIpc) is 2.89. The highest BCUT2D eigenvalue weighted by molar-refractivity contribution is 7.98. The summed E-state index contributed by atoms with van der Waals surface area (Å²) in [4.78, 5) is 11.1. The Morgan fingerprint density at radius 1 is 1.67 bits per heavy atom. The molecule has 1 fully saturated rings. The number of nitrogens with zero attached hydrogens (tertiary/aromatic N) is 2. The lowest BCUT2D eigenvalue weighted by atomic mass is 10.2. The van der Waals surface area contributed by atoms with Gasteiger partial charge in [-0.1, -0.05) is 0 Å². The Morgan fingerprint density at radius 3 is 3.11 bits per heavy atom. The number of carboxylic acid groups (broad SMARTS) is 1. The van der Waals surface area contributed by atoms with Crippen molar-refractivity contribution in [1.29, 1.82) is 0 Å². The topological polar surface area (TPSA) is 84.3 Å². The molecule has 6 nitrogen and oxygen atoms in total. The minimum absolute atomic E-state index is 0.173. The first-order valence-electron chi connectivity index (χ1n) is 5.71. The fourth-order valence-corrected chi connectivity index (χ4v) is 2.28. The second-order valence-corrected chi connectivity index (χ2v) is 4.77. The largest absolute Gasteiger partial charge is 0.478 e. The third-order valence-electron chi connectivity index (χ3n) is 2.72. The molecule has 18 heavy (non-hydrogen) atoms. The van der Waals surface area contributed by atoms with Crippen LogP contribution in [0.5, 0.6) is 0 Å². The van der Waals surface area contributed by atoms with Crippen LogP contribution in [0.3, 0.4) is 0 Å². The Hall–Kier alpha value is -1.34. The fourth-order valence-electron chi connectivity index (χ4n) is 1.79. The maximum atomic E-state index is 11.1. The fraction of sp³-hybridized carbons (Fsp3) is 0.545. The molecule has 2 rings (SSSR count). The standard InChI is InChI=1S/C11H15N3O3S/c1-18-10-8(11(15)16)5-9(13-14-10)12-6-7-3-2-4-17-7/h5,7H,2-4,6H2,1H3,(H,12,13)(H,15,16). The third kappa shape index (κ3) is 3.11. The van der Waals surface area contributed by atoms with Crippen LogP contribution in [0.4, 0.5) is 5.82 Å². The van der Waals surface area contributed by atoms with Gasteiger partial charge < -0.3 is 15.2 Å². The molecular weight excluding hydrogens is 254 g/mol. The highest BCUT2D eigenvalue weighted by Gasteiger charge is 2.17. The molecule has 1 saturated heterocycles. The Bertz CT molecular complexity index is 436. The number of hydrogen-bond acceptors (Lipinski definition) is 6. The van der Waals surface area contributed by atoms with Crippen molar-refractivity contribution in [2.45, 2.75) is 24.0 Å². The highest BCUT2D eigenvalue weighted by atomic mass is 32.2. The van der Waals surface area contributed by atoms with Crippen LogP contribution in [0.25, 0.3) is 0 Å².